The Morgan fingerprint density at radius 3 is 2.55 bits per heavy atom. The number of ether oxygens (including phenoxy) is 3. The highest BCUT2D eigenvalue weighted by atomic mass is 16.5. The molecular weight excluding hydrogens is 424 g/mol. The van der Waals surface area contributed by atoms with E-state index < -0.39 is 5.60 Å². The zero-order chi connectivity index (χ0) is 22.8. The molecule has 2 aromatic rings. The average Bonchev–Trinajstić information content (AvgIpc) is 3.16. The Balaban J connectivity index is 1.29. The molecule has 0 spiro atoms. The number of H-pyrrole nitrogens is 1. The van der Waals surface area contributed by atoms with E-state index in [4.69, 9.17) is 19.2 Å². The van der Waals surface area contributed by atoms with Crippen molar-refractivity contribution in [1.29, 1.82) is 0 Å². The molecule has 10 nitrogen and oxygen atoms in total. The van der Waals surface area contributed by atoms with Gasteiger partial charge in [0.15, 0.2) is 5.82 Å². The number of nitrogens with one attached hydrogen (secondary N) is 3. The normalized spacial score (nSPS) is 29.9. The minimum Gasteiger partial charge on any atom is -0.475 e. The summed E-state index contributed by atoms with van der Waals surface area (Å²) in [6.45, 7) is 3.86. The highest BCUT2D eigenvalue weighted by molar-refractivity contribution is 5.55. The maximum absolute atomic E-state index is 10.9. The number of aliphatic hydroxyl groups is 1. The molecule has 4 aliphatic rings. The van der Waals surface area contributed by atoms with E-state index >= 15 is 0 Å². The van der Waals surface area contributed by atoms with Crippen molar-refractivity contribution in [3.8, 4) is 5.88 Å². The summed E-state index contributed by atoms with van der Waals surface area (Å²) in [5.41, 5.74) is 0.495. The van der Waals surface area contributed by atoms with Crippen LogP contribution in [0.3, 0.4) is 0 Å². The van der Waals surface area contributed by atoms with Crippen LogP contribution in [-0.2, 0) is 9.47 Å². The molecule has 180 valence electrons. The van der Waals surface area contributed by atoms with Crippen molar-refractivity contribution in [2.24, 2.45) is 17.8 Å². The zero-order valence-corrected chi connectivity index (χ0v) is 19.3. The second kappa shape index (κ2) is 9.44. The largest absolute Gasteiger partial charge is 0.475 e. The molecule has 10 heteroatoms. The highest BCUT2D eigenvalue weighted by Crippen LogP contribution is 2.56. The first-order valence-corrected chi connectivity index (χ1v) is 11.9. The van der Waals surface area contributed by atoms with E-state index in [-0.39, 0.29) is 6.04 Å². The summed E-state index contributed by atoms with van der Waals surface area (Å²) in [7, 11) is 1.65. The summed E-state index contributed by atoms with van der Waals surface area (Å²) in [4.78, 5) is 9.33. The Labute approximate surface area is 193 Å². The Morgan fingerprint density at radius 2 is 1.85 bits per heavy atom. The summed E-state index contributed by atoms with van der Waals surface area (Å²) < 4.78 is 16.3. The summed E-state index contributed by atoms with van der Waals surface area (Å²) >= 11 is 0. The number of aromatic amines is 1. The standard InChI is InChI=1S/C23H34N6O4/c1-14-7-19(29-28-14)24-18-10-20(33-6-5-32-4-3-31-2)26-22(25-18)27-21-16-8-15-9-17(21)13-23(30,11-15)12-16/h7,10,15-17,21,30H,3-6,8-9,11-13H2,1-2H3,(H3,24,25,26,27,28,29). The van der Waals surface area contributed by atoms with Gasteiger partial charge in [-0.2, -0.15) is 15.1 Å². The number of methoxy groups -OCH3 is 1. The van der Waals surface area contributed by atoms with Crippen LogP contribution >= 0.6 is 0 Å². The van der Waals surface area contributed by atoms with Crippen molar-refractivity contribution in [3.05, 3.63) is 17.8 Å². The minimum absolute atomic E-state index is 0.273. The molecule has 4 aliphatic carbocycles. The van der Waals surface area contributed by atoms with E-state index in [1.165, 1.54) is 12.8 Å². The van der Waals surface area contributed by atoms with Gasteiger partial charge in [-0.15, -0.1) is 0 Å². The maximum Gasteiger partial charge on any atom is 0.228 e. The number of rotatable bonds is 11. The van der Waals surface area contributed by atoms with Crippen LogP contribution in [0.15, 0.2) is 12.1 Å². The first-order valence-electron chi connectivity index (χ1n) is 11.9. The lowest BCUT2D eigenvalue weighted by Crippen LogP contribution is -2.59. The quantitative estimate of drug-likeness (QED) is 0.376. The SMILES string of the molecule is COCCOCCOc1cc(Nc2cc(C)[nH]n2)nc(NC2C3CC4CC2CC(O)(C4)C3)n1. The summed E-state index contributed by atoms with van der Waals surface area (Å²) in [5, 5.41) is 24.9. The second-order valence-electron chi connectivity index (χ2n) is 9.79. The lowest BCUT2D eigenvalue weighted by atomic mass is 9.52. The number of nitrogens with zero attached hydrogens (tertiary/aromatic N) is 3. The molecule has 4 bridgehead atoms. The summed E-state index contributed by atoms with van der Waals surface area (Å²) in [6.07, 6.45) is 5.04. The lowest BCUT2D eigenvalue weighted by molar-refractivity contribution is -0.129. The van der Waals surface area contributed by atoms with E-state index in [0.29, 0.717) is 67.6 Å². The number of hydrogen-bond acceptors (Lipinski definition) is 9. The lowest BCUT2D eigenvalue weighted by Gasteiger charge is -2.58. The average molecular weight is 459 g/mol. The van der Waals surface area contributed by atoms with Crippen molar-refractivity contribution in [2.75, 3.05) is 44.2 Å². The third kappa shape index (κ3) is 5.23. The predicted octanol–water partition coefficient (Wildman–Crippen LogP) is 2.65. The van der Waals surface area contributed by atoms with Gasteiger partial charge in [-0.1, -0.05) is 0 Å². The van der Waals surface area contributed by atoms with Crippen molar-refractivity contribution >= 4 is 17.6 Å². The number of hydrogen-bond donors (Lipinski definition) is 4. The molecule has 2 aromatic heterocycles. The van der Waals surface area contributed by atoms with E-state index in [2.05, 4.69) is 25.8 Å². The van der Waals surface area contributed by atoms with Crippen LogP contribution in [-0.4, -0.2) is 70.5 Å². The fourth-order valence-electron chi connectivity index (χ4n) is 6.06. The van der Waals surface area contributed by atoms with Gasteiger partial charge in [0.05, 0.1) is 25.4 Å². The molecule has 0 aliphatic heterocycles. The van der Waals surface area contributed by atoms with Gasteiger partial charge in [0.2, 0.25) is 11.8 Å². The Kier molecular flexibility index (Phi) is 6.40. The number of aryl methyl sites for hydroxylation is 1. The molecule has 2 atom stereocenters. The monoisotopic (exact) mass is 458 g/mol. The molecule has 4 saturated carbocycles. The summed E-state index contributed by atoms with van der Waals surface area (Å²) in [6, 6.07) is 3.96. The van der Waals surface area contributed by atoms with Crippen LogP contribution in [0.5, 0.6) is 5.88 Å². The van der Waals surface area contributed by atoms with Gasteiger partial charge in [0.25, 0.3) is 0 Å². The topological polar surface area (TPSA) is 126 Å². The maximum atomic E-state index is 10.9. The second-order valence-corrected chi connectivity index (χ2v) is 9.79. The van der Waals surface area contributed by atoms with Gasteiger partial charge < -0.3 is 30.0 Å². The molecule has 2 heterocycles. The Bertz CT molecular complexity index is 937. The summed E-state index contributed by atoms with van der Waals surface area (Å²) in [5.74, 6) is 3.86. The van der Waals surface area contributed by atoms with Gasteiger partial charge in [0, 0.05) is 31.0 Å². The van der Waals surface area contributed by atoms with Gasteiger partial charge in [-0.3, -0.25) is 5.10 Å². The third-order valence-corrected chi connectivity index (χ3v) is 7.11. The first-order chi connectivity index (χ1) is 16.0. The molecule has 4 fully saturated rings. The molecule has 0 saturated heterocycles. The van der Waals surface area contributed by atoms with E-state index in [1.807, 2.05) is 13.0 Å². The molecule has 6 rings (SSSR count). The smallest absolute Gasteiger partial charge is 0.228 e. The fraction of sp³-hybridized carbons (Fsp3) is 0.696. The van der Waals surface area contributed by atoms with Gasteiger partial charge >= 0.3 is 0 Å². The zero-order valence-electron chi connectivity index (χ0n) is 19.3. The predicted molar refractivity (Wildman–Crippen MR) is 123 cm³/mol. The van der Waals surface area contributed by atoms with Crippen LogP contribution in [0, 0.1) is 24.7 Å². The number of aromatic nitrogens is 4. The minimum atomic E-state index is -0.464. The molecular formula is C23H34N6O4. The molecule has 33 heavy (non-hydrogen) atoms. The van der Waals surface area contributed by atoms with Crippen molar-refractivity contribution < 1.29 is 19.3 Å². The van der Waals surface area contributed by atoms with Crippen LogP contribution in [0.4, 0.5) is 17.6 Å². The van der Waals surface area contributed by atoms with Crippen LogP contribution in [0.1, 0.15) is 37.8 Å². The molecule has 4 N–H and O–H groups in total. The molecule has 0 aromatic carbocycles. The first kappa shape index (κ1) is 22.4. The molecule has 0 radical (unpaired) electrons. The van der Waals surface area contributed by atoms with E-state index in [1.54, 1.807) is 13.2 Å². The van der Waals surface area contributed by atoms with E-state index in [9.17, 15) is 5.11 Å². The number of anilines is 3. The Morgan fingerprint density at radius 1 is 1.06 bits per heavy atom. The van der Waals surface area contributed by atoms with E-state index in [0.717, 1.165) is 25.0 Å². The van der Waals surface area contributed by atoms with Gasteiger partial charge in [-0.05, 0) is 56.8 Å². The van der Waals surface area contributed by atoms with Crippen LogP contribution in [0.2, 0.25) is 0 Å². The Hall–Kier alpha value is -2.43. The van der Waals surface area contributed by atoms with Gasteiger partial charge in [-0.25, -0.2) is 0 Å². The fourth-order valence-corrected chi connectivity index (χ4v) is 6.06. The van der Waals surface area contributed by atoms with Crippen molar-refractivity contribution in [1.82, 2.24) is 20.2 Å². The third-order valence-electron chi connectivity index (χ3n) is 7.11. The van der Waals surface area contributed by atoms with Crippen molar-refractivity contribution in [3.63, 3.8) is 0 Å². The van der Waals surface area contributed by atoms with Crippen LogP contribution in [0.25, 0.3) is 0 Å². The molecule has 0 amide bonds. The highest BCUT2D eigenvalue weighted by Gasteiger charge is 2.54. The van der Waals surface area contributed by atoms with Gasteiger partial charge in [0.1, 0.15) is 12.4 Å². The van der Waals surface area contributed by atoms with Crippen LogP contribution < -0.4 is 15.4 Å². The molecule has 2 unspecified atom stereocenters. The van der Waals surface area contributed by atoms with Crippen molar-refractivity contribution in [2.45, 2.75) is 50.7 Å².